The SMILES string of the molecule is COC(=O)OC1CCC(C(C)(C)C2CCC(C)CC2)CC1. The monoisotopic (exact) mass is 296 g/mol. The molecule has 0 saturated heterocycles. The molecule has 0 amide bonds. The van der Waals surface area contributed by atoms with Gasteiger partial charge in [-0.1, -0.05) is 33.6 Å². The Kier molecular flexibility index (Phi) is 5.56. The van der Waals surface area contributed by atoms with E-state index >= 15 is 0 Å². The van der Waals surface area contributed by atoms with Crippen molar-refractivity contribution in [1.82, 2.24) is 0 Å². The van der Waals surface area contributed by atoms with Crippen molar-refractivity contribution in [1.29, 1.82) is 0 Å². The second-order valence-electron chi connectivity index (χ2n) is 7.82. The summed E-state index contributed by atoms with van der Waals surface area (Å²) in [6.45, 7) is 7.33. The smallest absolute Gasteiger partial charge is 0.438 e. The summed E-state index contributed by atoms with van der Waals surface area (Å²) in [6.07, 6.45) is 9.47. The van der Waals surface area contributed by atoms with E-state index in [1.54, 1.807) is 0 Å². The maximum atomic E-state index is 11.2. The Morgan fingerprint density at radius 2 is 1.38 bits per heavy atom. The van der Waals surface area contributed by atoms with E-state index in [4.69, 9.17) is 4.74 Å². The van der Waals surface area contributed by atoms with Crippen molar-refractivity contribution in [3.8, 4) is 0 Å². The molecular formula is C18H32O3. The molecule has 2 aliphatic rings. The number of carbonyl (C=O) groups excluding carboxylic acids is 1. The lowest BCUT2D eigenvalue weighted by molar-refractivity contribution is -0.0110. The molecule has 2 saturated carbocycles. The molecule has 0 atom stereocenters. The summed E-state index contributed by atoms with van der Waals surface area (Å²) in [5.74, 6) is 2.56. The molecule has 122 valence electrons. The fourth-order valence-corrected chi connectivity index (χ4v) is 4.45. The van der Waals surface area contributed by atoms with Crippen LogP contribution in [0.4, 0.5) is 4.79 Å². The van der Waals surface area contributed by atoms with Crippen LogP contribution >= 0.6 is 0 Å². The molecule has 0 heterocycles. The second-order valence-corrected chi connectivity index (χ2v) is 7.82. The van der Waals surface area contributed by atoms with Crippen LogP contribution in [-0.4, -0.2) is 19.4 Å². The van der Waals surface area contributed by atoms with Gasteiger partial charge in [0.15, 0.2) is 0 Å². The average molecular weight is 296 g/mol. The molecule has 0 N–H and O–H groups in total. The van der Waals surface area contributed by atoms with Gasteiger partial charge < -0.3 is 9.47 Å². The lowest BCUT2D eigenvalue weighted by atomic mass is 9.60. The summed E-state index contributed by atoms with van der Waals surface area (Å²) in [7, 11) is 1.38. The van der Waals surface area contributed by atoms with Crippen molar-refractivity contribution in [3.05, 3.63) is 0 Å². The predicted octanol–water partition coefficient (Wildman–Crippen LogP) is 5.18. The van der Waals surface area contributed by atoms with Crippen molar-refractivity contribution in [2.45, 2.75) is 78.2 Å². The number of hydrogen-bond donors (Lipinski definition) is 0. The van der Waals surface area contributed by atoms with E-state index in [0.29, 0.717) is 5.41 Å². The molecule has 2 aliphatic carbocycles. The van der Waals surface area contributed by atoms with E-state index < -0.39 is 6.16 Å². The zero-order valence-electron chi connectivity index (χ0n) is 14.2. The maximum Gasteiger partial charge on any atom is 0.508 e. The van der Waals surface area contributed by atoms with Gasteiger partial charge in [0.25, 0.3) is 0 Å². The summed E-state index contributed by atoms with van der Waals surface area (Å²) in [5, 5.41) is 0. The van der Waals surface area contributed by atoms with E-state index in [9.17, 15) is 4.79 Å². The molecule has 0 aromatic rings. The van der Waals surface area contributed by atoms with Gasteiger partial charge in [0, 0.05) is 0 Å². The van der Waals surface area contributed by atoms with E-state index in [1.807, 2.05) is 0 Å². The highest BCUT2D eigenvalue weighted by atomic mass is 16.7. The van der Waals surface area contributed by atoms with Crippen molar-refractivity contribution in [3.63, 3.8) is 0 Å². The highest BCUT2D eigenvalue weighted by Gasteiger charge is 2.40. The molecule has 0 bridgehead atoms. The standard InChI is InChI=1S/C18H32O3/c1-13-5-7-14(8-6-13)18(2,3)15-9-11-16(12-10-15)21-17(19)20-4/h13-16H,5-12H2,1-4H3. The number of ether oxygens (including phenoxy) is 2. The Morgan fingerprint density at radius 3 is 1.86 bits per heavy atom. The van der Waals surface area contributed by atoms with E-state index in [0.717, 1.165) is 30.6 Å². The van der Waals surface area contributed by atoms with Gasteiger partial charge >= 0.3 is 6.16 Å². The molecule has 0 aromatic heterocycles. The van der Waals surface area contributed by atoms with Gasteiger partial charge in [0.2, 0.25) is 0 Å². The zero-order valence-corrected chi connectivity index (χ0v) is 14.2. The quantitative estimate of drug-likeness (QED) is 0.673. The fourth-order valence-electron chi connectivity index (χ4n) is 4.45. The first kappa shape index (κ1) is 16.6. The van der Waals surface area contributed by atoms with Crippen molar-refractivity contribution >= 4 is 6.16 Å². The molecule has 2 fully saturated rings. The number of hydrogen-bond acceptors (Lipinski definition) is 3. The Hall–Kier alpha value is -0.730. The van der Waals surface area contributed by atoms with Crippen LogP contribution in [0.25, 0.3) is 0 Å². The van der Waals surface area contributed by atoms with E-state index in [1.165, 1.54) is 45.6 Å². The third kappa shape index (κ3) is 4.14. The molecule has 21 heavy (non-hydrogen) atoms. The number of carbonyl (C=O) groups is 1. The first-order chi connectivity index (χ1) is 9.93. The Morgan fingerprint density at radius 1 is 0.905 bits per heavy atom. The minimum atomic E-state index is -0.529. The molecular weight excluding hydrogens is 264 g/mol. The molecule has 0 unspecified atom stereocenters. The Bertz CT molecular complexity index is 334. The topological polar surface area (TPSA) is 35.5 Å². The molecule has 0 spiro atoms. The second kappa shape index (κ2) is 7.02. The molecule has 0 aliphatic heterocycles. The molecule has 0 aromatic carbocycles. The summed E-state index contributed by atoms with van der Waals surface area (Å²) in [5.41, 5.74) is 0.427. The Balaban J connectivity index is 1.84. The van der Waals surface area contributed by atoms with Crippen LogP contribution in [0.1, 0.15) is 72.1 Å². The highest BCUT2D eigenvalue weighted by Crippen LogP contribution is 2.49. The average Bonchev–Trinajstić information content (AvgIpc) is 2.48. The van der Waals surface area contributed by atoms with Gasteiger partial charge in [-0.25, -0.2) is 4.79 Å². The van der Waals surface area contributed by atoms with Crippen LogP contribution in [-0.2, 0) is 9.47 Å². The van der Waals surface area contributed by atoms with Crippen molar-refractivity contribution in [2.24, 2.45) is 23.2 Å². The highest BCUT2D eigenvalue weighted by molar-refractivity contribution is 5.59. The van der Waals surface area contributed by atoms with Crippen LogP contribution in [0.2, 0.25) is 0 Å². The summed E-state index contributed by atoms with van der Waals surface area (Å²) in [4.78, 5) is 11.2. The van der Waals surface area contributed by atoms with Crippen molar-refractivity contribution in [2.75, 3.05) is 7.11 Å². The van der Waals surface area contributed by atoms with Crippen molar-refractivity contribution < 1.29 is 14.3 Å². The van der Waals surface area contributed by atoms with Crippen LogP contribution in [0, 0.1) is 23.2 Å². The third-order valence-corrected chi connectivity index (χ3v) is 6.22. The van der Waals surface area contributed by atoms with Crippen LogP contribution in [0.15, 0.2) is 0 Å². The van der Waals surface area contributed by atoms with Gasteiger partial charge in [-0.2, -0.15) is 0 Å². The fraction of sp³-hybridized carbons (Fsp3) is 0.944. The first-order valence-electron chi connectivity index (χ1n) is 8.68. The molecule has 3 heteroatoms. The van der Waals surface area contributed by atoms with Gasteiger partial charge in [0.1, 0.15) is 6.10 Å². The lowest BCUT2D eigenvalue weighted by Crippen LogP contribution is -2.38. The maximum absolute atomic E-state index is 11.2. The first-order valence-corrected chi connectivity index (χ1v) is 8.68. The van der Waals surface area contributed by atoms with Gasteiger partial charge in [-0.05, 0) is 61.7 Å². The Labute approximate surface area is 129 Å². The summed E-state index contributed by atoms with van der Waals surface area (Å²) < 4.78 is 9.89. The van der Waals surface area contributed by atoms with Crippen LogP contribution in [0.3, 0.4) is 0 Å². The lowest BCUT2D eigenvalue weighted by Gasteiger charge is -2.46. The third-order valence-electron chi connectivity index (χ3n) is 6.22. The van der Waals surface area contributed by atoms with Crippen LogP contribution < -0.4 is 0 Å². The summed E-state index contributed by atoms with van der Waals surface area (Å²) in [6, 6.07) is 0. The van der Waals surface area contributed by atoms with Gasteiger partial charge in [0.05, 0.1) is 7.11 Å². The number of rotatable bonds is 3. The molecule has 0 radical (unpaired) electrons. The van der Waals surface area contributed by atoms with Gasteiger partial charge in [-0.15, -0.1) is 0 Å². The zero-order chi connectivity index (χ0) is 15.5. The minimum Gasteiger partial charge on any atom is -0.438 e. The van der Waals surface area contributed by atoms with E-state index in [-0.39, 0.29) is 6.10 Å². The van der Waals surface area contributed by atoms with Gasteiger partial charge in [-0.3, -0.25) is 0 Å². The molecule has 3 nitrogen and oxygen atoms in total. The van der Waals surface area contributed by atoms with Crippen LogP contribution in [0.5, 0.6) is 0 Å². The minimum absolute atomic E-state index is 0.0656. The number of methoxy groups -OCH3 is 1. The summed E-state index contributed by atoms with van der Waals surface area (Å²) >= 11 is 0. The van der Waals surface area contributed by atoms with E-state index in [2.05, 4.69) is 25.5 Å². The largest absolute Gasteiger partial charge is 0.508 e. The normalized spacial score (nSPS) is 34.3. The predicted molar refractivity (Wildman–Crippen MR) is 84.1 cm³/mol. The molecule has 2 rings (SSSR count).